The van der Waals surface area contributed by atoms with Gasteiger partial charge in [0.2, 0.25) is 0 Å². The van der Waals surface area contributed by atoms with E-state index in [9.17, 15) is 0 Å². The Kier molecular flexibility index (Phi) is 42.3. The number of rotatable bonds is 12. The summed E-state index contributed by atoms with van der Waals surface area (Å²) in [7, 11) is 1.99. The number of terminal acetylenes is 2. The maximum Gasteiger partial charge on any atom is 0.0419 e. The van der Waals surface area contributed by atoms with Gasteiger partial charge in [-0.3, -0.25) is 4.90 Å². The van der Waals surface area contributed by atoms with E-state index in [0.29, 0.717) is 11.6 Å². The quantitative estimate of drug-likeness (QED) is 0.132. The number of hydrogen-bond donors (Lipinski definition) is 2. The molecule has 0 bridgehead atoms. The molecule has 3 rings (SSSR count). The van der Waals surface area contributed by atoms with Crippen LogP contribution in [0, 0.1) is 32.6 Å². The molecule has 3 heteroatoms. The fraction of sp³-hybridized carbons (Fsp3) is 0.489. The fourth-order valence-corrected chi connectivity index (χ4v) is 4.44. The lowest BCUT2D eigenvalue weighted by Gasteiger charge is -2.34. The minimum atomic E-state index is 0. The van der Waals surface area contributed by atoms with Crippen LogP contribution in [-0.2, 0) is 6.42 Å². The van der Waals surface area contributed by atoms with E-state index in [1.165, 1.54) is 47.2 Å². The molecule has 282 valence electrons. The van der Waals surface area contributed by atoms with E-state index in [1.54, 1.807) is 11.6 Å². The standard InChI is InChI=1S/C27H36N2.C6H15N.C5H8.2C2H6.2C2H2.CH4/c1-5-10-23(6-2)20-29(16-15-24-11-8-7-9-12-24)22(4)26-18-25-14-13-21(3)17-27(25)28-19-26;1-5-6(2,3)7-4;1-3-5-4-2;4*1-2;/h6-9,11-14,17-18,22,28H,5,10,15-16,19-20H2,1-4H3;7H,5H2,1-4H3;3-5H,1H2,2H3;2*1-2H3;2*1-2H;1H4/b23-6+;;5-4+;;;;;. The Balaban J connectivity index is -0.000000268. The van der Waals surface area contributed by atoms with Gasteiger partial charge in [0.25, 0.3) is 0 Å². The minimum Gasteiger partial charge on any atom is -0.381 e. The third-order valence-corrected chi connectivity index (χ3v) is 7.92. The molecule has 0 radical (unpaired) electrons. The molecule has 0 saturated carbocycles. The molecule has 0 spiro atoms. The monoisotopic (exact) mass is 686 g/mol. The van der Waals surface area contributed by atoms with Gasteiger partial charge in [-0.25, -0.2) is 0 Å². The molecule has 1 atom stereocenters. The highest BCUT2D eigenvalue weighted by Crippen LogP contribution is 2.28. The predicted octanol–water partition coefficient (Wildman–Crippen LogP) is 12.8. The van der Waals surface area contributed by atoms with Crippen LogP contribution in [0.2, 0.25) is 0 Å². The maximum absolute atomic E-state index is 4.00. The van der Waals surface area contributed by atoms with Crippen molar-refractivity contribution in [3.05, 3.63) is 107 Å². The smallest absolute Gasteiger partial charge is 0.0419 e. The number of nitrogens with zero attached hydrogens (tertiary/aromatic N) is 1. The van der Waals surface area contributed by atoms with E-state index in [-0.39, 0.29) is 7.43 Å². The molecule has 0 aromatic heterocycles. The molecule has 2 aromatic rings. The first-order valence-corrected chi connectivity index (χ1v) is 18.2. The highest BCUT2D eigenvalue weighted by Gasteiger charge is 2.21. The summed E-state index contributed by atoms with van der Waals surface area (Å²) < 4.78 is 0. The average Bonchev–Trinajstić information content (AvgIpc) is 3.17. The zero-order chi connectivity index (χ0) is 38.7. The summed E-state index contributed by atoms with van der Waals surface area (Å²) in [6.45, 7) is 32.0. The predicted molar refractivity (Wildman–Crippen MR) is 235 cm³/mol. The Morgan fingerprint density at radius 2 is 1.58 bits per heavy atom. The van der Waals surface area contributed by atoms with Crippen molar-refractivity contribution in [3.8, 4) is 25.7 Å². The SMILES string of the molecule is C.C#C.C#C.C/C=C(\CCC)CN(CCc1ccccc1)C(C)C1=Cc2ccc(C)cc2NC1.C=C/C=C/C.CC.CC.CCC(C)(C)NC. The van der Waals surface area contributed by atoms with E-state index < -0.39 is 0 Å². The van der Waals surface area contributed by atoms with Crippen molar-refractivity contribution in [2.45, 2.75) is 128 Å². The van der Waals surface area contributed by atoms with Crippen LogP contribution in [-0.4, -0.2) is 43.2 Å². The van der Waals surface area contributed by atoms with E-state index in [1.807, 2.05) is 53.8 Å². The van der Waals surface area contributed by atoms with Gasteiger partial charge < -0.3 is 10.6 Å². The van der Waals surface area contributed by atoms with E-state index in [0.717, 1.165) is 26.1 Å². The molecule has 2 aromatic carbocycles. The summed E-state index contributed by atoms with van der Waals surface area (Å²) in [6.07, 6.45) is 31.0. The molecule has 0 amide bonds. The fourth-order valence-electron chi connectivity index (χ4n) is 4.44. The Morgan fingerprint density at radius 1 is 1.00 bits per heavy atom. The molecule has 50 heavy (non-hydrogen) atoms. The number of nitrogens with one attached hydrogen (secondary N) is 2. The second kappa shape index (κ2) is 38.0. The highest BCUT2D eigenvalue weighted by molar-refractivity contribution is 5.73. The topological polar surface area (TPSA) is 27.3 Å². The van der Waals surface area contributed by atoms with Crippen molar-refractivity contribution in [2.75, 3.05) is 32.0 Å². The van der Waals surface area contributed by atoms with Crippen LogP contribution in [0.1, 0.15) is 120 Å². The lowest BCUT2D eigenvalue weighted by Crippen LogP contribution is -2.39. The van der Waals surface area contributed by atoms with Gasteiger partial charge in [-0.05, 0) is 96.2 Å². The summed E-state index contributed by atoms with van der Waals surface area (Å²) in [6, 6.07) is 18.0. The number of benzene rings is 2. The van der Waals surface area contributed by atoms with Gasteiger partial charge in [0.05, 0.1) is 0 Å². The lowest BCUT2D eigenvalue weighted by molar-refractivity contribution is 0.253. The van der Waals surface area contributed by atoms with Crippen LogP contribution in [0.4, 0.5) is 5.69 Å². The molecule has 2 N–H and O–H groups in total. The molecular weight excluding hydrogens is 607 g/mol. The van der Waals surface area contributed by atoms with Crippen molar-refractivity contribution in [2.24, 2.45) is 0 Å². The Labute approximate surface area is 313 Å². The van der Waals surface area contributed by atoms with E-state index >= 15 is 0 Å². The van der Waals surface area contributed by atoms with E-state index in [2.05, 4.69) is 157 Å². The molecule has 3 nitrogen and oxygen atoms in total. The van der Waals surface area contributed by atoms with Crippen LogP contribution < -0.4 is 10.6 Å². The largest absolute Gasteiger partial charge is 0.381 e. The molecule has 1 unspecified atom stereocenters. The first-order chi connectivity index (χ1) is 23.6. The highest BCUT2D eigenvalue weighted by atomic mass is 15.2. The number of hydrogen-bond acceptors (Lipinski definition) is 3. The van der Waals surface area contributed by atoms with Crippen molar-refractivity contribution in [1.82, 2.24) is 10.2 Å². The summed E-state index contributed by atoms with van der Waals surface area (Å²) >= 11 is 0. The maximum atomic E-state index is 4.00. The van der Waals surface area contributed by atoms with Crippen molar-refractivity contribution >= 4 is 11.8 Å². The summed E-state index contributed by atoms with van der Waals surface area (Å²) in [5.74, 6) is 0. The Bertz CT molecular complexity index is 1170. The summed E-state index contributed by atoms with van der Waals surface area (Å²) in [4.78, 5) is 2.66. The molecule has 1 aliphatic rings. The van der Waals surface area contributed by atoms with Gasteiger partial charge >= 0.3 is 0 Å². The second-order valence-corrected chi connectivity index (χ2v) is 11.5. The number of aryl methyl sites for hydroxylation is 1. The van der Waals surface area contributed by atoms with Gasteiger partial charge in [-0.15, -0.1) is 25.7 Å². The third kappa shape index (κ3) is 26.2. The number of fused-ring (bicyclic) bond motifs is 1. The van der Waals surface area contributed by atoms with Gasteiger partial charge in [-0.2, -0.15) is 0 Å². The zero-order valence-corrected chi connectivity index (χ0v) is 34.0. The summed E-state index contributed by atoms with van der Waals surface area (Å²) in [5.41, 5.74) is 8.65. The molecule has 0 aliphatic carbocycles. The minimum absolute atomic E-state index is 0. The van der Waals surface area contributed by atoms with Gasteiger partial charge in [-0.1, -0.05) is 140 Å². The molecule has 1 heterocycles. The first-order valence-electron chi connectivity index (χ1n) is 18.2. The van der Waals surface area contributed by atoms with Crippen LogP contribution in [0.15, 0.2) is 90.6 Å². The molecule has 1 aliphatic heterocycles. The lowest BCUT2D eigenvalue weighted by atomic mass is 9.97. The van der Waals surface area contributed by atoms with Crippen molar-refractivity contribution < 1.29 is 0 Å². The first kappa shape index (κ1) is 55.6. The van der Waals surface area contributed by atoms with Gasteiger partial charge in [0.15, 0.2) is 0 Å². The number of allylic oxidation sites excluding steroid dienone is 4. The third-order valence-electron chi connectivity index (χ3n) is 7.92. The molecule has 0 fully saturated rings. The van der Waals surface area contributed by atoms with Crippen molar-refractivity contribution in [3.63, 3.8) is 0 Å². The Hall–Kier alpha value is -3.76. The normalized spacial score (nSPS) is 11.6. The number of anilines is 1. The van der Waals surface area contributed by atoms with Gasteiger partial charge in [0, 0.05) is 36.9 Å². The van der Waals surface area contributed by atoms with E-state index in [4.69, 9.17) is 0 Å². The van der Waals surface area contributed by atoms with Crippen LogP contribution in [0.3, 0.4) is 0 Å². The van der Waals surface area contributed by atoms with Gasteiger partial charge in [0.1, 0.15) is 0 Å². The zero-order valence-electron chi connectivity index (χ0n) is 34.0. The Morgan fingerprint density at radius 3 is 2.00 bits per heavy atom. The second-order valence-electron chi connectivity index (χ2n) is 11.5. The van der Waals surface area contributed by atoms with Crippen LogP contribution in [0.5, 0.6) is 0 Å². The van der Waals surface area contributed by atoms with Crippen LogP contribution >= 0.6 is 0 Å². The summed E-state index contributed by atoms with van der Waals surface area (Å²) in [5, 5.41) is 6.84. The average molecular weight is 686 g/mol. The van der Waals surface area contributed by atoms with Crippen LogP contribution in [0.25, 0.3) is 6.08 Å². The molecule has 0 saturated heterocycles. The van der Waals surface area contributed by atoms with Crippen molar-refractivity contribution in [1.29, 1.82) is 0 Å². The molecular formula is C47H79N3.